The fraction of sp³-hybridized carbons (Fsp3) is 0.417. The van der Waals surface area contributed by atoms with Crippen LogP contribution < -0.4 is 10.6 Å². The second-order valence-electron chi connectivity index (χ2n) is 7.85. The third-order valence-corrected chi connectivity index (χ3v) is 6.72. The predicted molar refractivity (Wildman–Crippen MR) is 122 cm³/mol. The summed E-state index contributed by atoms with van der Waals surface area (Å²) >= 11 is 1.49. The van der Waals surface area contributed by atoms with Gasteiger partial charge in [0, 0.05) is 22.2 Å². The van der Waals surface area contributed by atoms with Crippen LogP contribution in [0.25, 0.3) is 0 Å². The van der Waals surface area contributed by atoms with Crippen molar-refractivity contribution in [3.63, 3.8) is 0 Å². The predicted octanol–water partition coefficient (Wildman–Crippen LogP) is 5.94. The molecule has 1 saturated carbocycles. The molecule has 1 atom stereocenters. The quantitative estimate of drug-likeness (QED) is 0.579. The second-order valence-corrected chi connectivity index (χ2v) is 9.26. The monoisotopic (exact) mass is 410 g/mol. The van der Waals surface area contributed by atoms with Crippen LogP contribution >= 0.6 is 11.8 Å². The summed E-state index contributed by atoms with van der Waals surface area (Å²) in [5.74, 6) is 0.218. The van der Waals surface area contributed by atoms with Crippen molar-refractivity contribution in [1.29, 1.82) is 0 Å². The maximum Gasteiger partial charge on any atom is 0.237 e. The van der Waals surface area contributed by atoms with E-state index >= 15 is 0 Å². The molecule has 5 heteroatoms. The molecule has 29 heavy (non-hydrogen) atoms. The van der Waals surface area contributed by atoms with Crippen LogP contribution in [0.4, 0.5) is 11.4 Å². The number of carbonyl (C=O) groups excluding carboxylic acids is 2. The summed E-state index contributed by atoms with van der Waals surface area (Å²) in [6, 6.07) is 13.7. The standard InChI is InChI=1S/C24H30N2O2S/c1-16-9-7-14-22(17(16)2)26-23(27)18(3)29-21-13-8-12-20(15-21)25-24(28)19-10-5-4-6-11-19/h7-9,12-15,18-19H,4-6,10-11H2,1-3H3,(H,25,28)(H,26,27). The molecule has 1 fully saturated rings. The van der Waals surface area contributed by atoms with E-state index in [0.29, 0.717) is 0 Å². The molecule has 0 aliphatic heterocycles. The van der Waals surface area contributed by atoms with Gasteiger partial charge in [0.15, 0.2) is 0 Å². The van der Waals surface area contributed by atoms with E-state index in [0.717, 1.165) is 53.1 Å². The van der Waals surface area contributed by atoms with Gasteiger partial charge in [-0.1, -0.05) is 37.5 Å². The third-order valence-electron chi connectivity index (χ3n) is 5.62. The molecule has 1 unspecified atom stereocenters. The van der Waals surface area contributed by atoms with E-state index in [1.54, 1.807) is 0 Å². The Morgan fingerprint density at radius 3 is 2.48 bits per heavy atom. The molecule has 0 radical (unpaired) electrons. The highest BCUT2D eigenvalue weighted by Crippen LogP contribution is 2.29. The summed E-state index contributed by atoms with van der Waals surface area (Å²) in [5, 5.41) is 5.84. The van der Waals surface area contributed by atoms with Gasteiger partial charge in [0.25, 0.3) is 0 Å². The minimum Gasteiger partial charge on any atom is -0.326 e. The summed E-state index contributed by atoms with van der Waals surface area (Å²) < 4.78 is 0. The van der Waals surface area contributed by atoms with Crippen molar-refractivity contribution < 1.29 is 9.59 Å². The van der Waals surface area contributed by atoms with Gasteiger partial charge in [0.1, 0.15) is 0 Å². The summed E-state index contributed by atoms with van der Waals surface area (Å²) in [6.45, 7) is 5.95. The number of aryl methyl sites for hydroxylation is 1. The number of hydrogen-bond donors (Lipinski definition) is 2. The minimum atomic E-state index is -0.251. The number of hydrogen-bond acceptors (Lipinski definition) is 3. The lowest BCUT2D eigenvalue weighted by Crippen LogP contribution is -2.24. The maximum atomic E-state index is 12.6. The number of rotatable bonds is 6. The topological polar surface area (TPSA) is 58.2 Å². The minimum absolute atomic E-state index is 0.0275. The first-order chi connectivity index (χ1) is 13.9. The Morgan fingerprint density at radius 2 is 1.72 bits per heavy atom. The van der Waals surface area contributed by atoms with E-state index in [9.17, 15) is 9.59 Å². The lowest BCUT2D eigenvalue weighted by molar-refractivity contribution is -0.120. The number of benzene rings is 2. The van der Waals surface area contributed by atoms with E-state index < -0.39 is 0 Å². The smallest absolute Gasteiger partial charge is 0.237 e. The number of anilines is 2. The van der Waals surface area contributed by atoms with Gasteiger partial charge in [0.2, 0.25) is 11.8 Å². The van der Waals surface area contributed by atoms with Crippen LogP contribution in [0.5, 0.6) is 0 Å². The van der Waals surface area contributed by atoms with Crippen LogP contribution in [0.2, 0.25) is 0 Å². The van der Waals surface area contributed by atoms with Crippen molar-refractivity contribution in [1.82, 2.24) is 0 Å². The van der Waals surface area contributed by atoms with Crippen LogP contribution in [-0.2, 0) is 9.59 Å². The van der Waals surface area contributed by atoms with Gasteiger partial charge < -0.3 is 10.6 Å². The highest BCUT2D eigenvalue weighted by molar-refractivity contribution is 8.00. The number of nitrogens with one attached hydrogen (secondary N) is 2. The van der Waals surface area contributed by atoms with Gasteiger partial charge >= 0.3 is 0 Å². The Morgan fingerprint density at radius 1 is 1.00 bits per heavy atom. The highest BCUT2D eigenvalue weighted by Gasteiger charge is 2.21. The van der Waals surface area contributed by atoms with E-state index in [-0.39, 0.29) is 23.0 Å². The van der Waals surface area contributed by atoms with Crippen molar-refractivity contribution in [3.05, 3.63) is 53.6 Å². The van der Waals surface area contributed by atoms with Crippen LogP contribution in [-0.4, -0.2) is 17.1 Å². The zero-order valence-corrected chi connectivity index (χ0v) is 18.3. The lowest BCUT2D eigenvalue weighted by atomic mass is 9.88. The van der Waals surface area contributed by atoms with Crippen LogP contribution in [0.1, 0.15) is 50.2 Å². The number of carbonyl (C=O) groups is 2. The lowest BCUT2D eigenvalue weighted by Gasteiger charge is -2.21. The maximum absolute atomic E-state index is 12.6. The Balaban J connectivity index is 1.59. The molecule has 0 heterocycles. The van der Waals surface area contributed by atoms with Gasteiger partial charge in [-0.25, -0.2) is 0 Å². The van der Waals surface area contributed by atoms with Gasteiger partial charge in [-0.05, 0) is 69.0 Å². The van der Waals surface area contributed by atoms with Gasteiger partial charge in [-0.15, -0.1) is 11.8 Å². The van der Waals surface area contributed by atoms with Crippen LogP contribution in [0, 0.1) is 19.8 Å². The summed E-state index contributed by atoms with van der Waals surface area (Å²) in [5.41, 5.74) is 3.90. The van der Waals surface area contributed by atoms with Crippen molar-refractivity contribution >= 4 is 35.0 Å². The molecule has 2 amide bonds. The molecular weight excluding hydrogens is 380 g/mol. The Labute approximate surface area is 177 Å². The van der Waals surface area contributed by atoms with E-state index in [1.807, 2.05) is 63.2 Å². The fourth-order valence-electron chi connectivity index (χ4n) is 3.63. The summed E-state index contributed by atoms with van der Waals surface area (Å²) in [6.07, 6.45) is 5.48. The van der Waals surface area contributed by atoms with E-state index in [4.69, 9.17) is 0 Å². The van der Waals surface area contributed by atoms with Crippen molar-refractivity contribution in [3.8, 4) is 0 Å². The summed E-state index contributed by atoms with van der Waals surface area (Å²) in [4.78, 5) is 26.1. The fourth-order valence-corrected chi connectivity index (χ4v) is 4.56. The number of amides is 2. The normalized spacial score (nSPS) is 15.6. The van der Waals surface area contributed by atoms with Crippen molar-refractivity contribution in [2.75, 3.05) is 10.6 Å². The third kappa shape index (κ3) is 5.86. The Kier molecular flexibility index (Phi) is 7.37. The average molecular weight is 411 g/mol. The molecule has 1 aliphatic rings. The largest absolute Gasteiger partial charge is 0.326 e. The van der Waals surface area contributed by atoms with Gasteiger partial charge in [-0.3, -0.25) is 9.59 Å². The molecule has 2 N–H and O–H groups in total. The molecular formula is C24H30N2O2S. The van der Waals surface area contributed by atoms with Gasteiger partial charge in [0.05, 0.1) is 5.25 Å². The first-order valence-corrected chi connectivity index (χ1v) is 11.3. The SMILES string of the molecule is Cc1cccc(NC(=O)C(C)Sc2cccc(NC(=O)C3CCCCC3)c2)c1C. The first-order valence-electron chi connectivity index (χ1n) is 10.4. The highest BCUT2D eigenvalue weighted by atomic mass is 32.2. The molecule has 0 spiro atoms. The summed E-state index contributed by atoms with van der Waals surface area (Å²) in [7, 11) is 0. The molecule has 2 aromatic carbocycles. The average Bonchev–Trinajstić information content (AvgIpc) is 2.72. The first kappa shape index (κ1) is 21.4. The van der Waals surface area contributed by atoms with E-state index in [2.05, 4.69) is 10.6 Å². The van der Waals surface area contributed by atoms with Crippen molar-refractivity contribution in [2.24, 2.45) is 5.92 Å². The van der Waals surface area contributed by atoms with Crippen LogP contribution in [0.3, 0.4) is 0 Å². The van der Waals surface area contributed by atoms with Crippen molar-refractivity contribution in [2.45, 2.75) is 63.0 Å². The van der Waals surface area contributed by atoms with E-state index in [1.165, 1.54) is 18.2 Å². The van der Waals surface area contributed by atoms with Crippen LogP contribution in [0.15, 0.2) is 47.4 Å². The Bertz CT molecular complexity index is 875. The second kappa shape index (κ2) is 9.97. The molecule has 1 aliphatic carbocycles. The number of thioether (sulfide) groups is 1. The molecule has 3 rings (SSSR count). The Hall–Kier alpha value is -2.27. The molecule has 0 bridgehead atoms. The zero-order chi connectivity index (χ0) is 20.8. The molecule has 4 nitrogen and oxygen atoms in total. The molecule has 2 aromatic rings. The molecule has 0 aromatic heterocycles. The molecule has 154 valence electrons. The van der Waals surface area contributed by atoms with Gasteiger partial charge in [-0.2, -0.15) is 0 Å². The molecule has 0 saturated heterocycles. The zero-order valence-electron chi connectivity index (χ0n) is 17.5.